The van der Waals surface area contributed by atoms with Crippen LogP contribution in [0.15, 0.2) is 42.7 Å². The van der Waals surface area contributed by atoms with Crippen molar-refractivity contribution in [3.63, 3.8) is 0 Å². The van der Waals surface area contributed by atoms with E-state index in [2.05, 4.69) is 15.7 Å². The number of carbonyl (C=O) groups excluding carboxylic acids is 1. The van der Waals surface area contributed by atoms with Gasteiger partial charge in [-0.25, -0.2) is 0 Å². The molecule has 1 unspecified atom stereocenters. The molecule has 5 nitrogen and oxygen atoms in total. The van der Waals surface area contributed by atoms with Crippen LogP contribution < -0.4 is 16.6 Å². The predicted octanol–water partition coefficient (Wildman–Crippen LogP) is 2.17. The number of pyridine rings is 1. The number of aryl methyl sites for hydroxylation is 1. The summed E-state index contributed by atoms with van der Waals surface area (Å²) in [6.07, 6.45) is 3.44. The molecule has 4 N–H and O–H groups in total. The Morgan fingerprint density at radius 1 is 1.35 bits per heavy atom. The number of nitrogens with zero attached hydrogens (tertiary/aromatic N) is 1. The number of anilines is 1. The third-order valence-electron chi connectivity index (χ3n) is 3.11. The van der Waals surface area contributed by atoms with Gasteiger partial charge < -0.3 is 10.7 Å². The molecule has 2 rings (SSSR count). The van der Waals surface area contributed by atoms with Crippen LogP contribution >= 0.6 is 0 Å². The molecule has 1 aromatic heterocycles. The van der Waals surface area contributed by atoms with Crippen molar-refractivity contribution in [3.05, 3.63) is 59.4 Å². The van der Waals surface area contributed by atoms with E-state index in [0.717, 1.165) is 11.1 Å². The standard InChI is InChI=1S/C15H18N4O/c1-10-5-6-14(19-16)13(8-10)15(20)18-11(2)12-4-3-7-17-9-12/h3-9,11,19H,16H2,1-2H3,(H,18,20). The summed E-state index contributed by atoms with van der Waals surface area (Å²) in [4.78, 5) is 16.4. The Kier molecular flexibility index (Phi) is 4.32. The van der Waals surface area contributed by atoms with Crippen molar-refractivity contribution < 1.29 is 4.79 Å². The fourth-order valence-corrected chi connectivity index (χ4v) is 1.96. The molecule has 2 aromatic rings. The fraction of sp³-hybridized carbons (Fsp3) is 0.200. The number of nitrogens with two attached hydrogens (primary N) is 1. The van der Waals surface area contributed by atoms with E-state index < -0.39 is 0 Å². The zero-order valence-corrected chi connectivity index (χ0v) is 11.6. The van der Waals surface area contributed by atoms with Crippen LogP contribution in [-0.4, -0.2) is 10.9 Å². The summed E-state index contributed by atoms with van der Waals surface area (Å²) in [5, 5.41) is 2.94. The van der Waals surface area contributed by atoms with Gasteiger partial charge in [-0.3, -0.25) is 15.6 Å². The van der Waals surface area contributed by atoms with E-state index in [4.69, 9.17) is 5.84 Å². The molecule has 0 spiro atoms. The van der Waals surface area contributed by atoms with E-state index in [-0.39, 0.29) is 11.9 Å². The molecule has 0 saturated heterocycles. The van der Waals surface area contributed by atoms with Gasteiger partial charge in [-0.1, -0.05) is 17.7 Å². The van der Waals surface area contributed by atoms with E-state index in [0.29, 0.717) is 11.3 Å². The number of aromatic nitrogens is 1. The van der Waals surface area contributed by atoms with Gasteiger partial charge in [0.25, 0.3) is 5.91 Å². The topological polar surface area (TPSA) is 80.0 Å². The maximum Gasteiger partial charge on any atom is 0.253 e. The highest BCUT2D eigenvalue weighted by molar-refractivity contribution is 5.99. The summed E-state index contributed by atoms with van der Waals surface area (Å²) in [5.74, 6) is 5.27. The monoisotopic (exact) mass is 270 g/mol. The maximum atomic E-state index is 12.3. The molecule has 0 aliphatic carbocycles. The van der Waals surface area contributed by atoms with Crippen LogP contribution in [0.25, 0.3) is 0 Å². The highest BCUT2D eigenvalue weighted by Crippen LogP contribution is 2.18. The Labute approximate surface area is 118 Å². The summed E-state index contributed by atoms with van der Waals surface area (Å²) in [6.45, 7) is 3.85. The Morgan fingerprint density at radius 2 is 2.15 bits per heavy atom. The minimum absolute atomic E-state index is 0.123. The number of nitrogen functional groups attached to an aromatic ring is 1. The minimum Gasteiger partial charge on any atom is -0.345 e. The zero-order chi connectivity index (χ0) is 14.5. The molecule has 1 atom stereocenters. The van der Waals surface area contributed by atoms with Crippen LogP contribution in [0.5, 0.6) is 0 Å². The second kappa shape index (κ2) is 6.16. The summed E-state index contributed by atoms with van der Waals surface area (Å²) in [7, 11) is 0. The summed E-state index contributed by atoms with van der Waals surface area (Å²) >= 11 is 0. The first-order valence-electron chi connectivity index (χ1n) is 6.40. The van der Waals surface area contributed by atoms with Crippen LogP contribution in [0, 0.1) is 6.92 Å². The summed E-state index contributed by atoms with van der Waals surface area (Å²) in [5.41, 5.74) is 5.63. The van der Waals surface area contributed by atoms with Gasteiger partial charge in [-0.2, -0.15) is 0 Å². The molecule has 1 heterocycles. The molecule has 0 saturated carbocycles. The van der Waals surface area contributed by atoms with E-state index >= 15 is 0 Å². The van der Waals surface area contributed by atoms with Crippen molar-refractivity contribution in [1.82, 2.24) is 10.3 Å². The number of hydrazine groups is 1. The first-order valence-corrected chi connectivity index (χ1v) is 6.40. The number of amides is 1. The lowest BCUT2D eigenvalue weighted by atomic mass is 10.1. The number of rotatable bonds is 4. The Hall–Kier alpha value is -2.40. The minimum atomic E-state index is -0.169. The van der Waals surface area contributed by atoms with Gasteiger partial charge in [0.05, 0.1) is 17.3 Å². The Bertz CT molecular complexity index is 598. The molecule has 0 aliphatic heterocycles. The molecule has 0 radical (unpaired) electrons. The average Bonchev–Trinajstić information content (AvgIpc) is 2.48. The first kappa shape index (κ1) is 14.0. The van der Waals surface area contributed by atoms with E-state index in [1.54, 1.807) is 24.5 Å². The molecule has 0 bridgehead atoms. The molecule has 1 amide bonds. The molecular weight excluding hydrogens is 252 g/mol. The van der Waals surface area contributed by atoms with Crippen LogP contribution in [0.1, 0.15) is 34.5 Å². The number of nitrogens with one attached hydrogen (secondary N) is 2. The largest absolute Gasteiger partial charge is 0.345 e. The quantitative estimate of drug-likeness (QED) is 0.587. The number of hydrogen-bond acceptors (Lipinski definition) is 4. The van der Waals surface area contributed by atoms with Crippen LogP contribution in [0.4, 0.5) is 5.69 Å². The van der Waals surface area contributed by atoms with Crippen molar-refractivity contribution in [2.24, 2.45) is 5.84 Å². The van der Waals surface area contributed by atoms with Gasteiger partial charge in [0.2, 0.25) is 0 Å². The van der Waals surface area contributed by atoms with Crippen molar-refractivity contribution in [1.29, 1.82) is 0 Å². The third kappa shape index (κ3) is 3.13. The average molecular weight is 270 g/mol. The molecule has 104 valence electrons. The lowest BCUT2D eigenvalue weighted by Crippen LogP contribution is -2.28. The second-order valence-corrected chi connectivity index (χ2v) is 4.67. The van der Waals surface area contributed by atoms with Gasteiger partial charge in [0, 0.05) is 12.4 Å². The van der Waals surface area contributed by atoms with Crippen LogP contribution in [-0.2, 0) is 0 Å². The lowest BCUT2D eigenvalue weighted by Gasteiger charge is -2.16. The lowest BCUT2D eigenvalue weighted by molar-refractivity contribution is 0.0940. The van der Waals surface area contributed by atoms with Crippen molar-refractivity contribution in [3.8, 4) is 0 Å². The third-order valence-corrected chi connectivity index (χ3v) is 3.11. The number of benzene rings is 1. The van der Waals surface area contributed by atoms with E-state index in [1.807, 2.05) is 32.0 Å². The maximum absolute atomic E-state index is 12.3. The second-order valence-electron chi connectivity index (χ2n) is 4.67. The Balaban J connectivity index is 2.18. The molecule has 1 aromatic carbocycles. The molecule has 5 heteroatoms. The van der Waals surface area contributed by atoms with E-state index in [1.165, 1.54) is 0 Å². The van der Waals surface area contributed by atoms with Gasteiger partial charge in [0.15, 0.2) is 0 Å². The first-order chi connectivity index (χ1) is 9.61. The van der Waals surface area contributed by atoms with E-state index in [9.17, 15) is 4.79 Å². The van der Waals surface area contributed by atoms with Gasteiger partial charge >= 0.3 is 0 Å². The van der Waals surface area contributed by atoms with Crippen molar-refractivity contribution in [2.75, 3.05) is 5.43 Å². The highest BCUT2D eigenvalue weighted by atomic mass is 16.1. The normalized spacial score (nSPS) is 11.8. The smallest absolute Gasteiger partial charge is 0.253 e. The zero-order valence-electron chi connectivity index (χ0n) is 11.6. The van der Waals surface area contributed by atoms with Gasteiger partial charge in [-0.05, 0) is 37.6 Å². The van der Waals surface area contributed by atoms with Gasteiger partial charge in [-0.15, -0.1) is 0 Å². The number of hydrogen-bond donors (Lipinski definition) is 3. The molecule has 0 fully saturated rings. The SMILES string of the molecule is Cc1ccc(NN)c(C(=O)NC(C)c2cccnc2)c1. The highest BCUT2D eigenvalue weighted by Gasteiger charge is 2.14. The number of carbonyl (C=O) groups is 1. The van der Waals surface area contributed by atoms with Crippen LogP contribution in [0.3, 0.4) is 0 Å². The predicted molar refractivity (Wildman–Crippen MR) is 79.1 cm³/mol. The Morgan fingerprint density at radius 3 is 2.80 bits per heavy atom. The van der Waals surface area contributed by atoms with Crippen molar-refractivity contribution in [2.45, 2.75) is 19.9 Å². The fourth-order valence-electron chi connectivity index (χ4n) is 1.96. The molecule has 20 heavy (non-hydrogen) atoms. The molecular formula is C15H18N4O. The van der Waals surface area contributed by atoms with Gasteiger partial charge in [0.1, 0.15) is 0 Å². The molecule has 0 aliphatic rings. The van der Waals surface area contributed by atoms with Crippen LogP contribution in [0.2, 0.25) is 0 Å². The summed E-state index contributed by atoms with van der Waals surface area (Å²) < 4.78 is 0. The van der Waals surface area contributed by atoms with Crippen molar-refractivity contribution >= 4 is 11.6 Å². The summed E-state index contributed by atoms with van der Waals surface area (Å²) in [6, 6.07) is 9.14.